The van der Waals surface area contributed by atoms with Gasteiger partial charge in [0.25, 0.3) is 0 Å². The smallest absolute Gasteiger partial charge is 0.337 e. The van der Waals surface area contributed by atoms with Crippen LogP contribution in [0.2, 0.25) is 5.02 Å². The van der Waals surface area contributed by atoms with Crippen LogP contribution in [0.3, 0.4) is 0 Å². The summed E-state index contributed by atoms with van der Waals surface area (Å²) in [6.07, 6.45) is 5.31. The van der Waals surface area contributed by atoms with E-state index in [-0.39, 0.29) is 17.5 Å². The van der Waals surface area contributed by atoms with Crippen LogP contribution in [0.4, 0.5) is 5.69 Å². The maximum Gasteiger partial charge on any atom is 0.337 e. The van der Waals surface area contributed by atoms with Crippen LogP contribution in [-0.2, 0) is 0 Å². The molecule has 3 unspecified atom stereocenters. The van der Waals surface area contributed by atoms with E-state index in [1.165, 1.54) is 0 Å². The third-order valence-corrected chi connectivity index (χ3v) is 5.71. The maximum atomic E-state index is 11.7. The van der Waals surface area contributed by atoms with E-state index in [9.17, 15) is 9.90 Å². The first-order valence-corrected chi connectivity index (χ1v) is 8.97. The van der Waals surface area contributed by atoms with Crippen LogP contribution in [0.15, 0.2) is 53.0 Å². The minimum Gasteiger partial charge on any atom is -0.478 e. The number of allylic oxidation sites excluding steroid dienone is 2. The molecule has 0 spiro atoms. The number of hydrogen-bond acceptors (Lipinski definition) is 2. The molecule has 1 aliphatic carbocycles. The summed E-state index contributed by atoms with van der Waals surface area (Å²) in [5.41, 5.74) is 3.03. The average molecular weight is 405 g/mol. The third-order valence-electron chi connectivity index (χ3n) is 4.90. The van der Waals surface area contributed by atoms with E-state index in [1.54, 1.807) is 6.07 Å². The van der Waals surface area contributed by atoms with E-state index in [2.05, 4.69) is 33.4 Å². The number of halogens is 2. The van der Waals surface area contributed by atoms with Gasteiger partial charge in [-0.2, -0.15) is 0 Å². The van der Waals surface area contributed by atoms with Gasteiger partial charge >= 0.3 is 5.97 Å². The highest BCUT2D eigenvalue weighted by molar-refractivity contribution is 9.10. The highest BCUT2D eigenvalue weighted by Gasteiger charge is 2.40. The topological polar surface area (TPSA) is 49.3 Å². The molecule has 0 radical (unpaired) electrons. The summed E-state index contributed by atoms with van der Waals surface area (Å²) in [5, 5.41) is 13.8. The number of fused-ring (bicyclic) bond motifs is 3. The van der Waals surface area contributed by atoms with Crippen molar-refractivity contribution in [2.75, 3.05) is 5.32 Å². The van der Waals surface area contributed by atoms with Gasteiger partial charge in [0.05, 0.1) is 17.3 Å². The first kappa shape index (κ1) is 15.7. The molecule has 0 saturated heterocycles. The molecule has 2 aromatic carbocycles. The van der Waals surface area contributed by atoms with Gasteiger partial charge in [0.15, 0.2) is 0 Å². The second-order valence-corrected chi connectivity index (χ2v) is 7.54. The highest BCUT2D eigenvalue weighted by atomic mass is 79.9. The van der Waals surface area contributed by atoms with Crippen molar-refractivity contribution in [2.45, 2.75) is 18.4 Å². The van der Waals surface area contributed by atoms with Crippen LogP contribution >= 0.6 is 27.5 Å². The van der Waals surface area contributed by atoms with Gasteiger partial charge in [-0.05, 0) is 41.7 Å². The Kier molecular flexibility index (Phi) is 3.89. The molecule has 4 rings (SSSR count). The van der Waals surface area contributed by atoms with Gasteiger partial charge in [0.1, 0.15) is 0 Å². The first-order valence-electron chi connectivity index (χ1n) is 7.80. The highest BCUT2D eigenvalue weighted by Crippen LogP contribution is 2.52. The second-order valence-electron chi connectivity index (χ2n) is 6.22. The fraction of sp³-hybridized carbons (Fsp3) is 0.211. The van der Waals surface area contributed by atoms with Gasteiger partial charge in [-0.25, -0.2) is 4.79 Å². The van der Waals surface area contributed by atoms with Crippen molar-refractivity contribution in [3.63, 3.8) is 0 Å². The van der Waals surface area contributed by atoms with E-state index < -0.39 is 5.97 Å². The number of carboxylic acids is 1. The Hall–Kier alpha value is -1.78. The molecular formula is C19H15BrClNO2. The van der Waals surface area contributed by atoms with E-state index in [4.69, 9.17) is 11.6 Å². The monoisotopic (exact) mass is 403 g/mol. The van der Waals surface area contributed by atoms with Crippen molar-refractivity contribution in [3.05, 3.63) is 74.7 Å². The zero-order valence-corrected chi connectivity index (χ0v) is 15.0. The van der Waals surface area contributed by atoms with Crippen molar-refractivity contribution in [2.24, 2.45) is 5.92 Å². The number of benzene rings is 2. The van der Waals surface area contributed by atoms with E-state index in [0.29, 0.717) is 16.6 Å². The molecule has 24 heavy (non-hydrogen) atoms. The van der Waals surface area contributed by atoms with Crippen LogP contribution in [-0.4, -0.2) is 11.1 Å². The van der Waals surface area contributed by atoms with Crippen molar-refractivity contribution in [1.29, 1.82) is 0 Å². The van der Waals surface area contributed by atoms with Crippen molar-refractivity contribution in [3.8, 4) is 0 Å². The van der Waals surface area contributed by atoms with Gasteiger partial charge in [-0.1, -0.05) is 57.9 Å². The third kappa shape index (κ3) is 2.45. The fourth-order valence-electron chi connectivity index (χ4n) is 3.87. The molecule has 1 aliphatic heterocycles. The fourth-order valence-corrected chi connectivity index (χ4v) is 4.60. The summed E-state index contributed by atoms with van der Waals surface area (Å²) in [6, 6.07) is 11.4. The number of carboxylic acid groups (broad SMARTS) is 1. The lowest BCUT2D eigenvalue weighted by Gasteiger charge is -2.38. The number of nitrogens with one attached hydrogen (secondary N) is 1. The second kappa shape index (κ2) is 5.94. The zero-order chi connectivity index (χ0) is 16.8. The molecule has 0 bridgehead atoms. The lowest BCUT2D eigenvalue weighted by Crippen LogP contribution is -2.30. The lowest BCUT2D eigenvalue weighted by molar-refractivity contribution is 0.0697. The van der Waals surface area contributed by atoms with Crippen molar-refractivity contribution in [1.82, 2.24) is 0 Å². The Labute approximate surface area is 153 Å². The first-order chi connectivity index (χ1) is 11.6. The van der Waals surface area contributed by atoms with Crippen LogP contribution in [0.5, 0.6) is 0 Å². The maximum absolute atomic E-state index is 11.7. The minimum atomic E-state index is -0.932. The molecule has 1 heterocycles. The summed E-state index contributed by atoms with van der Waals surface area (Å²) in [5.74, 6) is -0.412. The van der Waals surface area contributed by atoms with Crippen LogP contribution < -0.4 is 5.32 Å². The molecule has 0 saturated carbocycles. The molecule has 2 aromatic rings. The van der Waals surface area contributed by atoms with E-state index in [1.807, 2.05) is 30.3 Å². The number of aromatic carboxylic acids is 1. The molecule has 3 atom stereocenters. The number of carbonyl (C=O) groups is 1. The number of rotatable bonds is 2. The molecule has 3 nitrogen and oxygen atoms in total. The molecule has 122 valence electrons. The van der Waals surface area contributed by atoms with Gasteiger partial charge in [0, 0.05) is 15.4 Å². The quantitative estimate of drug-likeness (QED) is 0.638. The Morgan fingerprint density at radius 2 is 2.04 bits per heavy atom. The van der Waals surface area contributed by atoms with Gasteiger partial charge in [0.2, 0.25) is 0 Å². The zero-order valence-electron chi connectivity index (χ0n) is 12.7. The normalized spacial score (nSPS) is 24.2. The average Bonchev–Trinajstić information content (AvgIpc) is 3.04. The van der Waals surface area contributed by atoms with Crippen LogP contribution in [0.1, 0.15) is 39.9 Å². The van der Waals surface area contributed by atoms with Gasteiger partial charge in [-0.3, -0.25) is 0 Å². The number of hydrogen-bond donors (Lipinski definition) is 2. The molecule has 0 aromatic heterocycles. The Balaban J connectivity index is 1.89. The molecule has 0 fully saturated rings. The largest absolute Gasteiger partial charge is 0.478 e. The minimum absolute atomic E-state index is 0.00882. The van der Waals surface area contributed by atoms with Crippen molar-refractivity contribution < 1.29 is 9.90 Å². The van der Waals surface area contributed by atoms with Gasteiger partial charge < -0.3 is 10.4 Å². The molecule has 2 aliphatic rings. The Bertz CT molecular complexity index is 864. The molecule has 5 heteroatoms. The lowest BCUT2D eigenvalue weighted by atomic mass is 9.76. The summed E-state index contributed by atoms with van der Waals surface area (Å²) < 4.78 is 0.788. The Morgan fingerprint density at radius 1 is 1.25 bits per heavy atom. The SMILES string of the molecule is O=C(O)c1cc(Br)cc2c1NC(c1ccccc1Cl)C1CC=CC21. The van der Waals surface area contributed by atoms with E-state index in [0.717, 1.165) is 22.0 Å². The van der Waals surface area contributed by atoms with Crippen molar-refractivity contribution >= 4 is 39.2 Å². The predicted molar refractivity (Wildman–Crippen MR) is 98.9 cm³/mol. The standard InChI is InChI=1S/C19H15BrClNO2/c20-10-8-14-11-5-3-6-12(11)17(13-4-1-2-7-16(13)21)22-18(14)15(9-10)19(23)24/h1-5,7-9,11-12,17,22H,6H2,(H,23,24). The molecular weight excluding hydrogens is 390 g/mol. The number of anilines is 1. The summed E-state index contributed by atoms with van der Waals surface area (Å²) in [7, 11) is 0. The van der Waals surface area contributed by atoms with Crippen LogP contribution in [0.25, 0.3) is 0 Å². The van der Waals surface area contributed by atoms with E-state index >= 15 is 0 Å². The molecule has 0 amide bonds. The summed E-state index contributed by atoms with van der Waals surface area (Å²) in [6.45, 7) is 0. The summed E-state index contributed by atoms with van der Waals surface area (Å²) in [4.78, 5) is 11.7. The predicted octanol–water partition coefficient (Wildman–Crippen LogP) is 5.63. The summed E-state index contributed by atoms with van der Waals surface area (Å²) >= 11 is 9.86. The molecule has 2 N–H and O–H groups in total. The van der Waals surface area contributed by atoms with Crippen LogP contribution in [0, 0.1) is 5.92 Å². The Morgan fingerprint density at radius 3 is 2.79 bits per heavy atom. The van der Waals surface area contributed by atoms with Gasteiger partial charge in [-0.15, -0.1) is 0 Å².